The van der Waals surface area contributed by atoms with Crippen LogP contribution < -0.4 is 4.90 Å². The van der Waals surface area contributed by atoms with Crippen molar-refractivity contribution in [2.24, 2.45) is 0 Å². The van der Waals surface area contributed by atoms with Gasteiger partial charge in [0.2, 0.25) is 11.8 Å². The zero-order valence-corrected chi connectivity index (χ0v) is 14.7. The van der Waals surface area contributed by atoms with Gasteiger partial charge in [0.25, 0.3) is 0 Å². The lowest BCUT2D eigenvalue weighted by molar-refractivity contribution is -0.125. The number of hydrogen-bond acceptors (Lipinski definition) is 2. The minimum Gasteiger partial charge on any atom is -0.338 e. The van der Waals surface area contributed by atoms with Crippen molar-refractivity contribution >= 4 is 23.6 Å². The first-order valence-electron chi connectivity index (χ1n) is 8.61. The Morgan fingerprint density at radius 1 is 1.15 bits per heavy atom. The van der Waals surface area contributed by atoms with E-state index in [1.54, 1.807) is 35.1 Å². The van der Waals surface area contributed by atoms with Crippen LogP contribution in [0.3, 0.4) is 0 Å². The van der Waals surface area contributed by atoms with Crippen molar-refractivity contribution in [2.45, 2.75) is 19.4 Å². The summed E-state index contributed by atoms with van der Waals surface area (Å²) in [6.45, 7) is 1.18. The number of amides is 2. The summed E-state index contributed by atoms with van der Waals surface area (Å²) in [7, 11) is 1.71. The van der Waals surface area contributed by atoms with E-state index in [-0.39, 0.29) is 17.6 Å². The normalized spacial score (nSPS) is 14.2. The van der Waals surface area contributed by atoms with Gasteiger partial charge >= 0.3 is 0 Å². The van der Waals surface area contributed by atoms with E-state index >= 15 is 0 Å². The van der Waals surface area contributed by atoms with Crippen molar-refractivity contribution in [3.05, 3.63) is 71.6 Å². The Labute approximate surface area is 152 Å². The Morgan fingerprint density at radius 2 is 1.85 bits per heavy atom. The highest BCUT2D eigenvalue weighted by Gasteiger charge is 2.21. The van der Waals surface area contributed by atoms with Crippen LogP contribution in [0.1, 0.15) is 24.0 Å². The predicted octanol–water partition coefficient (Wildman–Crippen LogP) is 3.62. The van der Waals surface area contributed by atoms with Crippen LogP contribution in [-0.4, -0.2) is 30.3 Å². The summed E-state index contributed by atoms with van der Waals surface area (Å²) in [5, 5.41) is 0. The summed E-state index contributed by atoms with van der Waals surface area (Å²) in [4.78, 5) is 27.3. The van der Waals surface area contributed by atoms with Gasteiger partial charge in [-0.05, 0) is 47.9 Å². The minimum atomic E-state index is -0.290. The Morgan fingerprint density at radius 3 is 2.46 bits per heavy atom. The predicted molar refractivity (Wildman–Crippen MR) is 99.9 cm³/mol. The fourth-order valence-corrected chi connectivity index (χ4v) is 2.92. The van der Waals surface area contributed by atoms with Gasteiger partial charge in [-0.3, -0.25) is 9.59 Å². The van der Waals surface area contributed by atoms with Crippen LogP contribution >= 0.6 is 0 Å². The Kier molecular flexibility index (Phi) is 5.46. The molecular weight excluding hydrogens is 331 g/mol. The first kappa shape index (κ1) is 17.9. The van der Waals surface area contributed by atoms with Crippen molar-refractivity contribution < 1.29 is 14.0 Å². The minimum absolute atomic E-state index is 0.131. The maximum atomic E-state index is 12.9. The first-order valence-corrected chi connectivity index (χ1v) is 8.61. The second kappa shape index (κ2) is 7.95. The zero-order valence-electron chi connectivity index (χ0n) is 14.7. The van der Waals surface area contributed by atoms with E-state index in [2.05, 4.69) is 0 Å². The number of hydrogen-bond donors (Lipinski definition) is 0. The van der Waals surface area contributed by atoms with E-state index in [1.807, 2.05) is 24.3 Å². The van der Waals surface area contributed by atoms with Gasteiger partial charge in [-0.2, -0.15) is 0 Å². The summed E-state index contributed by atoms with van der Waals surface area (Å²) >= 11 is 0. The number of carbonyl (C=O) groups excluding carboxylic acids is 2. The summed E-state index contributed by atoms with van der Waals surface area (Å²) in [6, 6.07) is 13.7. The second-order valence-electron chi connectivity index (χ2n) is 6.39. The van der Waals surface area contributed by atoms with Crippen molar-refractivity contribution in [3.8, 4) is 0 Å². The fraction of sp³-hybridized carbons (Fsp3) is 0.238. The Balaban J connectivity index is 1.58. The molecule has 0 aliphatic carbocycles. The molecule has 1 fully saturated rings. The van der Waals surface area contributed by atoms with E-state index in [4.69, 9.17) is 0 Å². The van der Waals surface area contributed by atoms with Gasteiger partial charge in [0.15, 0.2) is 0 Å². The third-order valence-electron chi connectivity index (χ3n) is 4.41. The molecule has 1 saturated heterocycles. The molecule has 3 rings (SSSR count). The van der Waals surface area contributed by atoms with Gasteiger partial charge in [0.05, 0.1) is 0 Å². The maximum absolute atomic E-state index is 12.9. The third kappa shape index (κ3) is 4.36. The Bertz CT molecular complexity index is 813. The summed E-state index contributed by atoms with van der Waals surface area (Å²) in [6.07, 6.45) is 4.77. The average molecular weight is 352 g/mol. The van der Waals surface area contributed by atoms with E-state index in [9.17, 15) is 14.0 Å². The van der Waals surface area contributed by atoms with E-state index in [0.29, 0.717) is 13.0 Å². The van der Waals surface area contributed by atoms with Crippen LogP contribution in [0, 0.1) is 5.82 Å². The molecule has 0 atom stereocenters. The molecule has 2 amide bonds. The van der Waals surface area contributed by atoms with Crippen LogP contribution in [0.4, 0.5) is 10.1 Å². The maximum Gasteiger partial charge on any atom is 0.246 e. The van der Waals surface area contributed by atoms with E-state index in [0.717, 1.165) is 29.8 Å². The molecule has 4 nitrogen and oxygen atoms in total. The van der Waals surface area contributed by atoms with Crippen LogP contribution in [0.2, 0.25) is 0 Å². The van der Waals surface area contributed by atoms with Crippen LogP contribution in [0.15, 0.2) is 54.6 Å². The molecule has 1 aliphatic heterocycles. The number of rotatable bonds is 5. The van der Waals surface area contributed by atoms with Gasteiger partial charge in [-0.1, -0.05) is 24.3 Å². The molecule has 1 aliphatic rings. The monoisotopic (exact) mass is 352 g/mol. The molecule has 2 aromatic rings. The number of nitrogens with zero attached hydrogens (tertiary/aromatic N) is 2. The van der Waals surface area contributed by atoms with Crippen molar-refractivity contribution in [3.63, 3.8) is 0 Å². The lowest BCUT2D eigenvalue weighted by atomic mass is 10.1. The van der Waals surface area contributed by atoms with Crippen molar-refractivity contribution in [1.29, 1.82) is 0 Å². The number of halogens is 1. The van der Waals surface area contributed by atoms with Gasteiger partial charge in [-0.25, -0.2) is 4.39 Å². The molecule has 26 heavy (non-hydrogen) atoms. The molecule has 0 N–H and O–H groups in total. The average Bonchev–Trinajstić information content (AvgIpc) is 3.08. The van der Waals surface area contributed by atoms with Gasteiger partial charge < -0.3 is 9.80 Å². The summed E-state index contributed by atoms with van der Waals surface area (Å²) in [5.74, 6) is -0.263. The van der Waals surface area contributed by atoms with Crippen LogP contribution in [0.5, 0.6) is 0 Å². The number of likely N-dealkylation sites (N-methyl/N-ethyl adjacent to an activating group) is 1. The first-order chi connectivity index (χ1) is 12.5. The molecule has 0 unspecified atom stereocenters. The Hall–Kier alpha value is -2.95. The molecular formula is C21H21FN2O2. The van der Waals surface area contributed by atoms with Crippen LogP contribution in [0.25, 0.3) is 6.08 Å². The lowest BCUT2D eigenvalue weighted by Crippen LogP contribution is -2.24. The van der Waals surface area contributed by atoms with Gasteiger partial charge in [-0.15, -0.1) is 0 Å². The number of benzene rings is 2. The topological polar surface area (TPSA) is 40.6 Å². The SMILES string of the molecule is CN(Cc1ccc(F)cc1)C(=O)/C=C/c1ccc(N2CCCC2=O)cc1. The van der Waals surface area contributed by atoms with Gasteiger partial charge in [0.1, 0.15) is 5.82 Å². The molecule has 0 aromatic heterocycles. The molecule has 0 radical (unpaired) electrons. The van der Waals surface area contributed by atoms with Crippen molar-refractivity contribution in [2.75, 3.05) is 18.5 Å². The standard InChI is InChI=1S/C21H21FN2O2/c1-23(15-17-4-9-18(22)10-5-17)20(25)13-8-16-6-11-19(12-7-16)24-14-2-3-21(24)26/h4-13H,2-3,14-15H2,1H3/b13-8+. The quantitative estimate of drug-likeness (QED) is 0.771. The smallest absolute Gasteiger partial charge is 0.246 e. The highest BCUT2D eigenvalue weighted by Crippen LogP contribution is 2.22. The molecule has 2 aromatic carbocycles. The third-order valence-corrected chi connectivity index (χ3v) is 4.41. The fourth-order valence-electron chi connectivity index (χ4n) is 2.92. The summed E-state index contributed by atoms with van der Waals surface area (Å²) in [5.41, 5.74) is 2.66. The number of anilines is 1. The van der Waals surface area contributed by atoms with Gasteiger partial charge in [0, 0.05) is 38.3 Å². The van der Waals surface area contributed by atoms with Crippen LogP contribution in [-0.2, 0) is 16.1 Å². The summed E-state index contributed by atoms with van der Waals surface area (Å²) < 4.78 is 12.9. The zero-order chi connectivity index (χ0) is 18.5. The molecule has 1 heterocycles. The molecule has 0 saturated carbocycles. The largest absolute Gasteiger partial charge is 0.338 e. The van der Waals surface area contributed by atoms with E-state index in [1.165, 1.54) is 18.2 Å². The second-order valence-corrected chi connectivity index (χ2v) is 6.39. The highest BCUT2D eigenvalue weighted by atomic mass is 19.1. The molecule has 5 heteroatoms. The molecule has 0 spiro atoms. The number of carbonyl (C=O) groups is 2. The highest BCUT2D eigenvalue weighted by molar-refractivity contribution is 5.95. The lowest BCUT2D eigenvalue weighted by Gasteiger charge is -2.16. The molecule has 0 bridgehead atoms. The molecule has 134 valence electrons. The van der Waals surface area contributed by atoms with E-state index < -0.39 is 0 Å². The van der Waals surface area contributed by atoms with Crippen molar-refractivity contribution in [1.82, 2.24) is 4.90 Å².